The van der Waals surface area contributed by atoms with Gasteiger partial charge in [-0.05, 0) is 45.4 Å². The fourth-order valence-corrected chi connectivity index (χ4v) is 4.83. The van der Waals surface area contributed by atoms with Gasteiger partial charge >= 0.3 is 11.9 Å². The zero-order valence-electron chi connectivity index (χ0n) is 24.0. The van der Waals surface area contributed by atoms with Gasteiger partial charge in [0.25, 0.3) is 5.91 Å². The third-order valence-electron chi connectivity index (χ3n) is 6.31. The summed E-state index contributed by atoms with van der Waals surface area (Å²) in [6.45, 7) is 9.65. The van der Waals surface area contributed by atoms with Crippen LogP contribution in [0.25, 0.3) is 0 Å². The predicted molar refractivity (Wildman–Crippen MR) is 152 cm³/mol. The van der Waals surface area contributed by atoms with Crippen LogP contribution in [0.5, 0.6) is 5.88 Å². The number of aryl methyl sites for hydroxylation is 1. The molecule has 41 heavy (non-hydrogen) atoms. The Balaban J connectivity index is 1.56. The van der Waals surface area contributed by atoms with Gasteiger partial charge < -0.3 is 25.2 Å². The van der Waals surface area contributed by atoms with Gasteiger partial charge in [-0.15, -0.1) is 11.3 Å². The topological polar surface area (TPSA) is 182 Å². The van der Waals surface area contributed by atoms with Gasteiger partial charge in [0.15, 0.2) is 0 Å². The summed E-state index contributed by atoms with van der Waals surface area (Å²) in [5, 5.41) is 21.4. The number of amides is 2. The van der Waals surface area contributed by atoms with Crippen molar-refractivity contribution in [3.63, 3.8) is 0 Å². The standard InChI is InChI=1S/C27H38N6O7S/c1-6-39-20(34)11-9-17(24(37)40-7-2)30-23(36)18-14-41-19(29-18)10-8-15-12-16-21(28-13-15)31-26(32-22(16)35)33-25(38)27(3,4)5/h14-15,17H,6-13H2,1-5H3,(H,30,36)(H3,28,31,32,33,35,38)/t15?,17-/m0/s1. The second-order valence-electron chi connectivity index (χ2n) is 10.6. The van der Waals surface area contributed by atoms with Gasteiger partial charge in [-0.1, -0.05) is 20.8 Å². The molecule has 1 aliphatic rings. The van der Waals surface area contributed by atoms with E-state index in [0.29, 0.717) is 30.8 Å². The molecular weight excluding hydrogens is 552 g/mol. The lowest BCUT2D eigenvalue weighted by molar-refractivity contribution is -0.146. The minimum absolute atomic E-state index is 0.0358. The van der Waals surface area contributed by atoms with Crippen LogP contribution in [0.1, 0.15) is 74.9 Å². The second kappa shape index (κ2) is 14.2. The number of carbonyl (C=O) groups is 4. The molecule has 3 heterocycles. The Morgan fingerprint density at radius 2 is 1.88 bits per heavy atom. The molecule has 224 valence electrons. The molecule has 0 radical (unpaired) electrons. The Kier molecular flexibility index (Phi) is 11.0. The van der Waals surface area contributed by atoms with Crippen LogP contribution in [0, 0.1) is 11.3 Å². The normalized spacial score (nSPS) is 15.2. The maximum absolute atomic E-state index is 12.8. The first-order valence-electron chi connectivity index (χ1n) is 13.6. The smallest absolute Gasteiger partial charge is 0.328 e. The molecule has 2 amide bonds. The van der Waals surface area contributed by atoms with Crippen molar-refractivity contribution >= 4 is 46.9 Å². The third kappa shape index (κ3) is 9.10. The van der Waals surface area contributed by atoms with E-state index >= 15 is 0 Å². The summed E-state index contributed by atoms with van der Waals surface area (Å²) >= 11 is 1.34. The van der Waals surface area contributed by atoms with Crippen LogP contribution < -0.4 is 16.0 Å². The number of esters is 2. The van der Waals surface area contributed by atoms with E-state index in [1.54, 1.807) is 40.0 Å². The van der Waals surface area contributed by atoms with E-state index in [0.717, 1.165) is 11.4 Å². The zero-order valence-corrected chi connectivity index (χ0v) is 24.9. The van der Waals surface area contributed by atoms with Crippen molar-refractivity contribution < 1.29 is 33.8 Å². The number of ether oxygens (including phenoxy) is 2. The highest BCUT2D eigenvalue weighted by molar-refractivity contribution is 7.09. The van der Waals surface area contributed by atoms with E-state index in [1.807, 2.05) is 0 Å². The predicted octanol–water partition coefficient (Wildman–Crippen LogP) is 2.85. The lowest BCUT2D eigenvalue weighted by Gasteiger charge is -2.26. The number of carbonyl (C=O) groups excluding carboxylic acids is 4. The summed E-state index contributed by atoms with van der Waals surface area (Å²) < 4.78 is 9.94. The maximum atomic E-state index is 12.8. The summed E-state index contributed by atoms with van der Waals surface area (Å²) in [5.74, 6) is -1.35. The van der Waals surface area contributed by atoms with Gasteiger partial charge in [0, 0.05) is 23.8 Å². The molecule has 1 unspecified atom stereocenters. The van der Waals surface area contributed by atoms with Crippen molar-refractivity contribution in [1.82, 2.24) is 20.3 Å². The Labute approximate surface area is 242 Å². The zero-order chi connectivity index (χ0) is 30.2. The highest BCUT2D eigenvalue weighted by Gasteiger charge is 2.28. The molecule has 0 spiro atoms. The van der Waals surface area contributed by atoms with Gasteiger partial charge in [-0.3, -0.25) is 19.7 Å². The molecule has 4 N–H and O–H groups in total. The number of nitrogens with zero attached hydrogens (tertiary/aromatic N) is 3. The Morgan fingerprint density at radius 3 is 2.56 bits per heavy atom. The van der Waals surface area contributed by atoms with Crippen LogP contribution in [0.4, 0.5) is 11.8 Å². The van der Waals surface area contributed by atoms with Crippen molar-refractivity contribution in [3.8, 4) is 5.88 Å². The number of aromatic nitrogens is 3. The fraction of sp³-hybridized carbons (Fsp3) is 0.593. The first-order valence-corrected chi connectivity index (χ1v) is 14.5. The van der Waals surface area contributed by atoms with Crippen LogP contribution in [0.3, 0.4) is 0 Å². The maximum Gasteiger partial charge on any atom is 0.328 e. The number of nitrogens with one attached hydrogen (secondary N) is 3. The molecule has 0 fully saturated rings. The van der Waals surface area contributed by atoms with Gasteiger partial charge in [0.2, 0.25) is 17.7 Å². The van der Waals surface area contributed by atoms with E-state index < -0.39 is 29.3 Å². The molecule has 0 saturated carbocycles. The van der Waals surface area contributed by atoms with Crippen LogP contribution in [-0.2, 0) is 36.7 Å². The molecule has 3 rings (SSSR count). The molecule has 14 heteroatoms. The number of anilines is 2. The van der Waals surface area contributed by atoms with Crippen molar-refractivity contribution in [1.29, 1.82) is 0 Å². The van der Waals surface area contributed by atoms with E-state index in [2.05, 4.69) is 30.9 Å². The fourth-order valence-electron chi connectivity index (χ4n) is 4.03. The molecule has 0 aliphatic carbocycles. The third-order valence-corrected chi connectivity index (χ3v) is 7.22. The summed E-state index contributed by atoms with van der Waals surface area (Å²) in [6, 6.07) is -0.998. The molecule has 0 bridgehead atoms. The van der Waals surface area contributed by atoms with Gasteiger partial charge in [-0.25, -0.2) is 9.78 Å². The lowest BCUT2D eigenvalue weighted by atomic mass is 9.92. The average Bonchev–Trinajstić information content (AvgIpc) is 3.39. The van der Waals surface area contributed by atoms with Gasteiger partial charge in [-0.2, -0.15) is 9.97 Å². The van der Waals surface area contributed by atoms with Crippen LogP contribution >= 0.6 is 11.3 Å². The summed E-state index contributed by atoms with van der Waals surface area (Å²) in [6.07, 6.45) is 1.89. The first-order chi connectivity index (χ1) is 19.4. The van der Waals surface area contributed by atoms with E-state index in [4.69, 9.17) is 9.47 Å². The highest BCUT2D eigenvalue weighted by Crippen LogP contribution is 2.32. The molecule has 2 aromatic rings. The Morgan fingerprint density at radius 1 is 1.15 bits per heavy atom. The SMILES string of the molecule is CCOC(=O)CC[C@H](NC(=O)c1csc(CCC2CNc3nc(NC(=O)C(C)(C)C)nc(O)c3C2)n1)C(=O)OCC. The van der Waals surface area contributed by atoms with Crippen LogP contribution in [-0.4, -0.2) is 69.6 Å². The second-order valence-corrected chi connectivity index (χ2v) is 11.6. The molecule has 2 atom stereocenters. The Hall–Kier alpha value is -3.81. The minimum atomic E-state index is -0.998. The van der Waals surface area contributed by atoms with E-state index in [1.165, 1.54) is 11.3 Å². The molecule has 2 aromatic heterocycles. The van der Waals surface area contributed by atoms with Gasteiger partial charge in [0.05, 0.1) is 23.8 Å². The molecule has 0 aromatic carbocycles. The van der Waals surface area contributed by atoms with E-state index in [9.17, 15) is 24.3 Å². The quantitative estimate of drug-likeness (QED) is 0.267. The molecule has 13 nitrogen and oxygen atoms in total. The number of hydrogen-bond donors (Lipinski definition) is 4. The summed E-state index contributed by atoms with van der Waals surface area (Å²) in [4.78, 5) is 61.9. The molecule has 1 aliphatic heterocycles. The number of thiazole rings is 1. The summed E-state index contributed by atoms with van der Waals surface area (Å²) in [7, 11) is 0. The molecular formula is C27H38N6O7S. The number of hydrogen-bond acceptors (Lipinski definition) is 12. The summed E-state index contributed by atoms with van der Waals surface area (Å²) in [5.41, 5.74) is 0.136. The number of fused-ring (bicyclic) bond motifs is 1. The first kappa shape index (κ1) is 31.7. The van der Waals surface area contributed by atoms with Crippen molar-refractivity contribution in [3.05, 3.63) is 21.6 Å². The molecule has 0 saturated heterocycles. The highest BCUT2D eigenvalue weighted by atomic mass is 32.1. The minimum Gasteiger partial charge on any atom is -0.493 e. The lowest BCUT2D eigenvalue weighted by Crippen LogP contribution is -2.42. The van der Waals surface area contributed by atoms with Crippen molar-refractivity contribution in [2.45, 2.75) is 72.8 Å². The number of rotatable bonds is 12. The average molecular weight is 591 g/mol. The van der Waals surface area contributed by atoms with Crippen LogP contribution in [0.2, 0.25) is 0 Å². The van der Waals surface area contributed by atoms with Crippen molar-refractivity contribution in [2.75, 3.05) is 30.4 Å². The van der Waals surface area contributed by atoms with E-state index in [-0.39, 0.29) is 55.4 Å². The van der Waals surface area contributed by atoms with Gasteiger partial charge in [0.1, 0.15) is 17.6 Å². The number of aromatic hydroxyl groups is 1. The van der Waals surface area contributed by atoms with Crippen LogP contribution in [0.15, 0.2) is 5.38 Å². The monoisotopic (exact) mass is 590 g/mol. The van der Waals surface area contributed by atoms with Crippen molar-refractivity contribution in [2.24, 2.45) is 11.3 Å². The Bertz CT molecular complexity index is 1260. The largest absolute Gasteiger partial charge is 0.493 e.